The Bertz CT molecular complexity index is 2540. The fourth-order valence-corrected chi connectivity index (χ4v) is 7.02. The quantitative estimate of drug-likeness (QED) is 0.0155. The number of aromatic carboxylic acids is 1. The van der Waals surface area contributed by atoms with Gasteiger partial charge in [0.2, 0.25) is 0 Å². The van der Waals surface area contributed by atoms with E-state index in [1.54, 1.807) is 75.0 Å². The van der Waals surface area contributed by atoms with Crippen LogP contribution in [0.25, 0.3) is 20.4 Å². The molecular weight excluding hydrogens is 1030 g/mol. The maximum atomic E-state index is 11.5. The number of carbonyl (C=O) groups excluding carboxylic acids is 4. The number of carbonyl (C=O) groups is 5. The van der Waals surface area contributed by atoms with Crippen LogP contribution in [-0.2, 0) is 33.2 Å². The van der Waals surface area contributed by atoms with Gasteiger partial charge in [-0.15, -0.1) is 22.7 Å². The molecule has 6 aromatic heterocycles. The van der Waals surface area contributed by atoms with Gasteiger partial charge in [-0.3, -0.25) is 14.4 Å². The van der Waals surface area contributed by atoms with Gasteiger partial charge in [-0.05, 0) is 66.9 Å². The van der Waals surface area contributed by atoms with E-state index in [-0.39, 0.29) is 138 Å². The standard InChI is InChI=1S/C10H10N2O2S.C8H6N2O2S.C7H5NOS.C6H3ClN2.C4H8O2S.CH2O3.3Na.HO4P.H2O.4H2.H/c1-2-14-10(13)8-7(11)6-4-3-5-12-9(6)15-8;9-5-4-2-1-3-10-7(4)13-6(5)8(11)12;9-6-4-10-7-5(6)2-1-3-8-7;7-6-5(4-8)2-1-3-9-6;1-2-6-4(5)3-7;2-1-4-3;;;;1-4-5(2)3;;;;;;/h3-5H,2,11H2,1H3;1-3H,9H2,(H,11,12);1-3H,4H2;1-3H;7H,2-3H2,1H3;1,3H;;;;1H;1H2;4*1H;/q;;;;;;3*+1;;;;;;;-1/p-2/i;;;;;;;;;;;2*1+1D;1+1;;. The number of carboxylic acid groups (broad SMARTS) is 1. The number of hydrogen-bond donors (Lipinski definition) is 5. The van der Waals surface area contributed by atoms with Gasteiger partial charge < -0.3 is 48.0 Å². The average molecular weight is 1080 g/mol. The Balaban J connectivity index is -0.0000000956. The third kappa shape index (κ3) is 26.0. The zero-order valence-electron chi connectivity index (χ0n) is 41.0. The van der Waals surface area contributed by atoms with Gasteiger partial charge in [0.1, 0.15) is 35.7 Å². The van der Waals surface area contributed by atoms with Crippen molar-refractivity contribution < 1.29 is 172 Å². The molecule has 0 radical (unpaired) electrons. The molecule has 7 heterocycles. The maximum Gasteiger partial charge on any atom is 1.00 e. The SMILES string of the molecule is CCOC(=O)CS.CCOC(=O)c1sc2ncccc2c1N.N#Cc1cccnc1Cl.Nc1c(C(=O)O)sc2ncccc12.O=C1CSc2ncccc21.O=CO[O-].O=[P+]([O-])OO.[2HH].[2H][2H].[2H][2H].[H-].[HH].[Na+].[Na+].[Na+].[OH-]. The molecule has 7 rings (SSSR count). The number of ether oxygens (including phenoxy) is 2. The molecule has 0 saturated heterocycles. The van der Waals surface area contributed by atoms with Crippen molar-refractivity contribution in [3.8, 4) is 6.07 Å². The zero-order chi connectivity index (χ0) is 51.3. The second-order valence-corrected chi connectivity index (χ2v) is 14.7. The number of hydrogen-bond acceptors (Lipinski definition) is 25. The number of thiophene rings is 2. The Labute approximate surface area is 482 Å². The third-order valence-electron chi connectivity index (χ3n) is 6.50. The zero-order valence-corrected chi connectivity index (χ0v) is 47.0. The van der Waals surface area contributed by atoms with E-state index in [1.807, 2.05) is 18.2 Å². The van der Waals surface area contributed by atoms with E-state index in [0.29, 0.717) is 51.0 Å². The summed E-state index contributed by atoms with van der Waals surface area (Å²) in [5, 5.41) is 35.3. The van der Waals surface area contributed by atoms with Crippen LogP contribution in [0.4, 0.5) is 11.4 Å². The number of pyridine rings is 4. The van der Waals surface area contributed by atoms with Crippen LogP contribution in [0.15, 0.2) is 78.3 Å². The second-order valence-electron chi connectivity index (χ2n) is 10.4. The monoisotopic (exact) mass is 1080 g/mol. The predicted molar refractivity (Wildman–Crippen MR) is 245 cm³/mol. The van der Waals surface area contributed by atoms with E-state index in [9.17, 15) is 19.2 Å². The number of nitrogen functional groups attached to an aromatic ring is 2. The van der Waals surface area contributed by atoms with Crippen molar-refractivity contribution >= 4 is 129 Å². The number of rotatable bonds is 7. The molecular formula is C36H44ClN7Na3O15PS4. The van der Waals surface area contributed by atoms with Crippen molar-refractivity contribution in [1.29, 1.82) is 5.26 Å². The van der Waals surface area contributed by atoms with Crippen LogP contribution in [0.2, 0.25) is 5.15 Å². The molecule has 0 fully saturated rings. The minimum absolute atomic E-state index is 0. The van der Waals surface area contributed by atoms with Crippen LogP contribution in [0.5, 0.6) is 0 Å². The summed E-state index contributed by atoms with van der Waals surface area (Å²) in [6, 6.07) is 15.9. The number of nitrogens with two attached hydrogens (primary N) is 2. The number of aromatic nitrogens is 4. The largest absolute Gasteiger partial charge is 1.00 e. The number of fused-ring (bicyclic) bond motifs is 3. The predicted octanol–water partition coefficient (Wildman–Crippen LogP) is -3.05. The summed E-state index contributed by atoms with van der Waals surface area (Å²) in [7, 11) is -3.04. The molecule has 1 aliphatic rings. The van der Waals surface area contributed by atoms with E-state index >= 15 is 0 Å². The topological polar surface area (TPSA) is 383 Å². The van der Waals surface area contributed by atoms with Crippen molar-refractivity contribution in [3.63, 3.8) is 0 Å². The number of esters is 2. The fourth-order valence-electron chi connectivity index (χ4n) is 4.02. The van der Waals surface area contributed by atoms with Crippen LogP contribution >= 0.6 is 66.9 Å². The maximum absolute atomic E-state index is 11.5. The summed E-state index contributed by atoms with van der Waals surface area (Å²) in [5.41, 5.74) is 13.4. The smallest absolute Gasteiger partial charge is 1.00 e. The molecule has 0 aromatic carbocycles. The first-order valence-electron chi connectivity index (χ1n) is 18.9. The van der Waals surface area contributed by atoms with Crippen molar-refractivity contribution in [1.82, 2.24) is 19.9 Å². The van der Waals surface area contributed by atoms with Crippen LogP contribution in [0.1, 0.15) is 59.3 Å². The Kier molecular flexibility index (Phi) is 40.4. The van der Waals surface area contributed by atoms with Gasteiger partial charge in [0.25, 0.3) is 6.47 Å². The molecule has 0 spiro atoms. The first-order chi connectivity index (χ1) is 32.1. The number of ketones is 1. The van der Waals surface area contributed by atoms with E-state index in [1.165, 1.54) is 23.1 Å². The van der Waals surface area contributed by atoms with Crippen molar-refractivity contribution in [3.05, 3.63) is 99.4 Å². The summed E-state index contributed by atoms with van der Waals surface area (Å²) >= 11 is 13.0. The Morgan fingerprint density at radius 2 is 1.43 bits per heavy atom. The minimum Gasteiger partial charge on any atom is -1.00 e. The van der Waals surface area contributed by atoms with Gasteiger partial charge >= 0.3 is 115 Å². The summed E-state index contributed by atoms with van der Waals surface area (Å²) < 4.78 is 41.0. The first kappa shape index (κ1) is 66.1. The number of carboxylic acids is 1. The molecule has 0 saturated carbocycles. The number of anilines is 2. The molecule has 0 bridgehead atoms. The van der Waals surface area contributed by atoms with E-state index in [0.717, 1.165) is 32.1 Å². The van der Waals surface area contributed by atoms with Crippen molar-refractivity contribution in [2.75, 3.05) is 36.2 Å². The number of nitrogens with zero attached hydrogens (tertiary/aromatic N) is 5. The van der Waals surface area contributed by atoms with Crippen molar-refractivity contribution in [2.24, 2.45) is 0 Å². The second kappa shape index (κ2) is 40.9. The molecule has 352 valence electrons. The van der Waals surface area contributed by atoms with Gasteiger partial charge in [0.15, 0.2) is 5.78 Å². The van der Waals surface area contributed by atoms with Crippen LogP contribution in [0, 0.1) is 11.3 Å². The van der Waals surface area contributed by atoms with Crippen LogP contribution in [-0.4, -0.2) is 90.7 Å². The van der Waals surface area contributed by atoms with Gasteiger partial charge in [-0.1, -0.05) is 23.4 Å². The number of thiol groups is 1. The van der Waals surface area contributed by atoms with Gasteiger partial charge in [-0.25, -0.2) is 34.8 Å². The molecule has 1 atom stereocenters. The molecule has 6 aromatic rings. The van der Waals surface area contributed by atoms with Crippen LogP contribution in [0.3, 0.4) is 0 Å². The molecule has 1 unspecified atom stereocenters. The van der Waals surface area contributed by atoms with Crippen LogP contribution < -0.4 is 110 Å². The molecule has 1 aliphatic heterocycles. The fraction of sp³-hybridized carbons (Fsp3) is 0.167. The van der Waals surface area contributed by atoms with Gasteiger partial charge in [-0.2, -0.15) is 17.9 Å². The number of halogens is 1. The molecule has 22 nitrogen and oxygen atoms in total. The van der Waals surface area contributed by atoms with Gasteiger partial charge in [0.05, 0.1) is 47.2 Å². The molecule has 67 heavy (non-hydrogen) atoms. The number of Topliss-reactive ketones (excluding diaryl/α,β-unsaturated/α-hetero) is 1. The number of thioether (sulfide) groups is 1. The first-order valence-corrected chi connectivity index (χ1v) is 21.6. The average Bonchev–Trinajstić information content (AvgIpc) is 4.03. The molecule has 31 heteroatoms. The summed E-state index contributed by atoms with van der Waals surface area (Å²) in [6.45, 7) is 4.14. The summed E-state index contributed by atoms with van der Waals surface area (Å²) in [4.78, 5) is 81.4. The Hall–Kier alpha value is -2.95. The number of nitriles is 1. The Morgan fingerprint density at radius 3 is 1.82 bits per heavy atom. The minimum atomic E-state index is -3.04. The van der Waals surface area contributed by atoms with E-state index in [4.69, 9.17) is 68.9 Å². The van der Waals surface area contributed by atoms with Gasteiger partial charge in [0, 0.05) is 49.0 Å². The summed E-state index contributed by atoms with van der Waals surface area (Å²) in [5.74, 6) is -0.697. The molecule has 7 N–H and O–H groups in total. The third-order valence-corrected chi connectivity index (χ3v) is 10.4. The van der Waals surface area contributed by atoms with Crippen molar-refractivity contribution in [2.45, 2.75) is 18.9 Å². The molecule has 0 amide bonds. The van der Waals surface area contributed by atoms with E-state index in [2.05, 4.69) is 46.9 Å². The molecule has 0 aliphatic carbocycles. The van der Waals surface area contributed by atoms with E-state index < -0.39 is 14.2 Å². The normalized spacial score (nSPS) is 10.1. The summed E-state index contributed by atoms with van der Waals surface area (Å²) in [6.07, 6.45) is 6.55. The Morgan fingerprint density at radius 1 is 0.970 bits per heavy atom.